The van der Waals surface area contributed by atoms with Gasteiger partial charge in [0.15, 0.2) is 16.7 Å². The first-order valence-electron chi connectivity index (χ1n) is 6.32. The van der Waals surface area contributed by atoms with Crippen LogP contribution < -0.4 is 0 Å². The minimum atomic E-state index is -5.91. The molecule has 3 fully saturated rings. The largest absolute Gasteiger partial charge is 0.743 e. The van der Waals surface area contributed by atoms with Crippen LogP contribution in [0.2, 0.25) is 0 Å². The molecule has 0 radical (unpaired) electrons. The Bertz CT molecular complexity index is 600. The lowest BCUT2D eigenvalue weighted by Crippen LogP contribution is -2.38. The first kappa shape index (κ1) is 14.6. The SMILES string of the molecule is O=C(OCC(F)(F)S(=O)(=O)[O-])C1C2CC3OC(=O)C1C3C2. The van der Waals surface area contributed by atoms with E-state index >= 15 is 0 Å². The van der Waals surface area contributed by atoms with Crippen molar-refractivity contribution in [1.29, 1.82) is 0 Å². The molecule has 118 valence electrons. The van der Waals surface area contributed by atoms with Gasteiger partial charge >= 0.3 is 17.2 Å². The van der Waals surface area contributed by atoms with Gasteiger partial charge in [-0.2, -0.15) is 8.78 Å². The van der Waals surface area contributed by atoms with Crippen LogP contribution in [0.25, 0.3) is 0 Å². The lowest BCUT2D eigenvalue weighted by atomic mass is 9.80. The fourth-order valence-electron chi connectivity index (χ4n) is 3.65. The Morgan fingerprint density at radius 2 is 2.10 bits per heavy atom. The van der Waals surface area contributed by atoms with Crippen LogP contribution in [0.4, 0.5) is 8.78 Å². The molecule has 2 aliphatic carbocycles. The lowest BCUT2D eigenvalue weighted by Gasteiger charge is -2.24. The molecule has 0 N–H and O–H groups in total. The number of carbonyl (C=O) groups excluding carboxylic acids is 2. The van der Waals surface area contributed by atoms with E-state index in [1.54, 1.807) is 0 Å². The maximum Gasteiger partial charge on any atom is 0.367 e. The number of hydrogen-bond acceptors (Lipinski definition) is 7. The van der Waals surface area contributed by atoms with Crippen LogP contribution in [0.3, 0.4) is 0 Å². The fourth-order valence-corrected chi connectivity index (χ4v) is 3.85. The van der Waals surface area contributed by atoms with Crippen molar-refractivity contribution in [2.24, 2.45) is 23.7 Å². The van der Waals surface area contributed by atoms with Crippen LogP contribution in [0.15, 0.2) is 0 Å². The van der Waals surface area contributed by atoms with E-state index in [1.165, 1.54) is 0 Å². The van der Waals surface area contributed by atoms with Gasteiger partial charge < -0.3 is 14.0 Å². The second-order valence-corrected chi connectivity index (χ2v) is 7.13. The molecular formula is C11H11F2O7S-. The zero-order chi connectivity index (χ0) is 15.6. The number of carbonyl (C=O) groups is 2. The van der Waals surface area contributed by atoms with E-state index in [4.69, 9.17) is 4.74 Å². The van der Waals surface area contributed by atoms with Gasteiger partial charge in [0, 0.05) is 5.92 Å². The third kappa shape index (κ3) is 2.11. The van der Waals surface area contributed by atoms with E-state index in [-0.39, 0.29) is 17.9 Å². The van der Waals surface area contributed by atoms with Gasteiger partial charge in [-0.15, -0.1) is 0 Å². The average molecular weight is 325 g/mol. The molecule has 1 heterocycles. The molecule has 7 nitrogen and oxygen atoms in total. The zero-order valence-electron chi connectivity index (χ0n) is 10.5. The molecule has 2 bridgehead atoms. The molecule has 5 atom stereocenters. The summed E-state index contributed by atoms with van der Waals surface area (Å²) >= 11 is 0. The van der Waals surface area contributed by atoms with E-state index in [0.29, 0.717) is 12.8 Å². The molecule has 21 heavy (non-hydrogen) atoms. The molecule has 0 amide bonds. The molecule has 0 spiro atoms. The Morgan fingerprint density at radius 3 is 2.71 bits per heavy atom. The number of esters is 2. The topological polar surface area (TPSA) is 110 Å². The van der Waals surface area contributed by atoms with E-state index in [9.17, 15) is 31.3 Å². The van der Waals surface area contributed by atoms with Gasteiger partial charge in [0.05, 0.1) is 11.8 Å². The Morgan fingerprint density at radius 1 is 1.43 bits per heavy atom. The van der Waals surface area contributed by atoms with E-state index < -0.39 is 45.8 Å². The van der Waals surface area contributed by atoms with Crippen molar-refractivity contribution >= 4 is 22.1 Å². The van der Waals surface area contributed by atoms with Crippen LogP contribution in [0, 0.1) is 23.7 Å². The summed E-state index contributed by atoms with van der Waals surface area (Å²) in [5, 5.41) is -4.68. The van der Waals surface area contributed by atoms with Crippen molar-refractivity contribution < 1.29 is 40.8 Å². The standard InChI is InChI=1S/C11H12F2O7S/c12-11(13,21(16,17)18)3-19-9(14)7-4-1-5-6(2-4)20-10(15)8(5)7/h4-8H,1-3H2,(H,16,17,18)/p-1. The Hall–Kier alpha value is -1.29. The Labute approximate surface area is 118 Å². The summed E-state index contributed by atoms with van der Waals surface area (Å²) in [5.41, 5.74) is 0. The molecule has 5 unspecified atom stereocenters. The summed E-state index contributed by atoms with van der Waals surface area (Å²) in [5.74, 6) is -3.53. The van der Waals surface area contributed by atoms with Gasteiger partial charge in [0.1, 0.15) is 6.10 Å². The molecule has 3 rings (SSSR count). The number of ether oxygens (including phenoxy) is 2. The van der Waals surface area contributed by atoms with Crippen molar-refractivity contribution in [2.75, 3.05) is 6.61 Å². The van der Waals surface area contributed by atoms with Gasteiger partial charge in [-0.1, -0.05) is 0 Å². The number of hydrogen-bond donors (Lipinski definition) is 0. The number of halogens is 2. The third-order valence-corrected chi connectivity index (χ3v) is 5.35. The second kappa shape index (κ2) is 4.35. The number of fused-ring (bicyclic) bond motifs is 1. The van der Waals surface area contributed by atoms with Gasteiger partial charge in [-0.05, 0) is 18.8 Å². The third-order valence-electron chi connectivity index (χ3n) is 4.50. The summed E-state index contributed by atoms with van der Waals surface area (Å²) in [6.07, 6.45) is 0.833. The quantitative estimate of drug-likeness (QED) is 0.523. The van der Waals surface area contributed by atoms with Crippen LogP contribution in [-0.2, 0) is 29.2 Å². The van der Waals surface area contributed by atoms with Crippen LogP contribution in [0.1, 0.15) is 12.8 Å². The smallest absolute Gasteiger partial charge is 0.367 e. The number of alkyl halides is 2. The van der Waals surface area contributed by atoms with Crippen LogP contribution in [0.5, 0.6) is 0 Å². The lowest BCUT2D eigenvalue weighted by molar-refractivity contribution is -0.160. The minimum Gasteiger partial charge on any atom is -0.743 e. The number of rotatable bonds is 4. The average Bonchev–Trinajstić information content (AvgIpc) is 2.95. The molecular weight excluding hydrogens is 314 g/mol. The second-order valence-electron chi connectivity index (χ2n) is 5.62. The van der Waals surface area contributed by atoms with Gasteiger partial charge in [-0.25, -0.2) is 8.42 Å². The summed E-state index contributed by atoms with van der Waals surface area (Å²) in [7, 11) is -5.91. The van der Waals surface area contributed by atoms with Gasteiger partial charge in [-0.3, -0.25) is 9.59 Å². The predicted octanol–water partition coefficient (Wildman–Crippen LogP) is -0.135. The summed E-state index contributed by atoms with van der Waals surface area (Å²) < 4.78 is 66.3. The molecule has 1 aliphatic heterocycles. The highest BCUT2D eigenvalue weighted by atomic mass is 32.2. The van der Waals surface area contributed by atoms with Crippen LogP contribution >= 0.6 is 0 Å². The predicted molar refractivity (Wildman–Crippen MR) is 58.7 cm³/mol. The molecule has 0 aromatic rings. The van der Waals surface area contributed by atoms with Crippen molar-refractivity contribution in [1.82, 2.24) is 0 Å². The van der Waals surface area contributed by atoms with Crippen LogP contribution in [-0.4, -0.2) is 42.9 Å². The minimum absolute atomic E-state index is 0.108. The Balaban J connectivity index is 1.69. The van der Waals surface area contributed by atoms with Crippen molar-refractivity contribution in [3.8, 4) is 0 Å². The first-order valence-corrected chi connectivity index (χ1v) is 7.73. The van der Waals surface area contributed by atoms with Crippen molar-refractivity contribution in [3.05, 3.63) is 0 Å². The molecule has 2 saturated carbocycles. The van der Waals surface area contributed by atoms with Crippen molar-refractivity contribution in [3.63, 3.8) is 0 Å². The zero-order valence-corrected chi connectivity index (χ0v) is 11.3. The summed E-state index contributed by atoms with van der Waals surface area (Å²) in [4.78, 5) is 23.5. The van der Waals surface area contributed by atoms with E-state index in [2.05, 4.69) is 4.74 Å². The van der Waals surface area contributed by atoms with Gasteiger partial charge in [0.2, 0.25) is 0 Å². The normalized spacial score (nSPS) is 37.7. The molecule has 0 aromatic carbocycles. The highest BCUT2D eigenvalue weighted by molar-refractivity contribution is 7.86. The van der Waals surface area contributed by atoms with Gasteiger partial charge in [0.25, 0.3) is 0 Å². The maximum absolute atomic E-state index is 13.0. The van der Waals surface area contributed by atoms with E-state index in [0.717, 1.165) is 0 Å². The summed E-state index contributed by atoms with van der Waals surface area (Å²) in [6.45, 7) is -1.84. The molecule has 0 aromatic heterocycles. The molecule has 10 heteroatoms. The monoisotopic (exact) mass is 325 g/mol. The van der Waals surface area contributed by atoms with Crippen molar-refractivity contribution in [2.45, 2.75) is 24.2 Å². The molecule has 3 aliphatic rings. The maximum atomic E-state index is 13.0. The Kier molecular flexibility index (Phi) is 3.04. The summed E-state index contributed by atoms with van der Waals surface area (Å²) in [6, 6.07) is 0. The molecule has 1 saturated heterocycles. The highest BCUT2D eigenvalue weighted by Gasteiger charge is 2.64. The highest BCUT2D eigenvalue weighted by Crippen LogP contribution is 2.57. The first-order chi connectivity index (χ1) is 9.62. The fraction of sp³-hybridized carbons (Fsp3) is 0.818. The van der Waals surface area contributed by atoms with E-state index in [1.807, 2.05) is 0 Å².